The van der Waals surface area contributed by atoms with E-state index in [0.717, 1.165) is 67.1 Å². The van der Waals surface area contributed by atoms with E-state index in [4.69, 9.17) is 4.74 Å². The number of hydrogen-bond donors (Lipinski definition) is 1. The Bertz CT molecular complexity index is 1240. The highest BCUT2D eigenvalue weighted by Gasteiger charge is 2.23. The molecule has 1 saturated heterocycles. The van der Waals surface area contributed by atoms with Crippen LogP contribution in [-0.4, -0.2) is 76.8 Å². The van der Waals surface area contributed by atoms with Crippen LogP contribution in [0.5, 0.6) is 0 Å². The van der Waals surface area contributed by atoms with Gasteiger partial charge in [0, 0.05) is 57.1 Å². The van der Waals surface area contributed by atoms with Crippen molar-refractivity contribution >= 4 is 39.4 Å². The number of imidazole rings is 1. The van der Waals surface area contributed by atoms with Crippen molar-refractivity contribution in [1.82, 2.24) is 19.3 Å². The molecule has 0 amide bonds. The maximum atomic E-state index is 12.1. The van der Waals surface area contributed by atoms with E-state index in [-0.39, 0.29) is 5.56 Å². The van der Waals surface area contributed by atoms with Crippen LogP contribution in [0.2, 0.25) is 0 Å². The van der Waals surface area contributed by atoms with E-state index in [1.165, 1.54) is 0 Å². The van der Waals surface area contributed by atoms with Crippen molar-refractivity contribution in [2.24, 2.45) is 0 Å². The van der Waals surface area contributed by atoms with Crippen LogP contribution in [0.15, 0.2) is 42.6 Å². The number of hydrogen-bond acceptors (Lipinski definition) is 6. The van der Waals surface area contributed by atoms with Gasteiger partial charge in [0.15, 0.2) is 5.65 Å². The number of ether oxygens (including phenoxy) is 1. The van der Waals surface area contributed by atoms with Gasteiger partial charge in [-0.2, -0.15) is 0 Å². The number of fused-ring (bicyclic) bond motifs is 5. The van der Waals surface area contributed by atoms with Crippen LogP contribution in [0.25, 0.3) is 27.7 Å². The highest BCUT2D eigenvalue weighted by atomic mass is 16.5. The number of methoxy groups -OCH3 is 1. The molecule has 0 radical (unpaired) electrons. The SMILES string of the molecule is COCCN1CCN(c2ccnc3c2cc(C(=O)O)c2nc4ccccc4n23)CC1. The van der Waals surface area contributed by atoms with Gasteiger partial charge in [0.2, 0.25) is 0 Å². The van der Waals surface area contributed by atoms with Crippen molar-refractivity contribution < 1.29 is 14.6 Å². The van der Waals surface area contributed by atoms with Gasteiger partial charge in [0.05, 0.1) is 17.6 Å². The molecule has 4 heterocycles. The van der Waals surface area contributed by atoms with Crippen LogP contribution in [0.4, 0.5) is 5.69 Å². The van der Waals surface area contributed by atoms with Gasteiger partial charge >= 0.3 is 5.97 Å². The second-order valence-corrected chi connectivity index (χ2v) is 7.51. The molecule has 3 aromatic heterocycles. The quantitative estimate of drug-likeness (QED) is 0.546. The van der Waals surface area contributed by atoms with Crippen LogP contribution in [0.3, 0.4) is 0 Å². The van der Waals surface area contributed by atoms with Gasteiger partial charge in [-0.05, 0) is 24.3 Å². The number of piperazine rings is 1. The molecule has 1 fully saturated rings. The maximum Gasteiger partial charge on any atom is 0.339 e. The fraction of sp³-hybridized carbons (Fsp3) is 0.318. The highest BCUT2D eigenvalue weighted by molar-refractivity contribution is 6.04. The Balaban J connectivity index is 1.65. The molecule has 1 aromatic carbocycles. The Morgan fingerprint density at radius 1 is 1.13 bits per heavy atom. The zero-order chi connectivity index (χ0) is 20.7. The van der Waals surface area contributed by atoms with E-state index >= 15 is 0 Å². The number of anilines is 1. The lowest BCUT2D eigenvalue weighted by Crippen LogP contribution is -2.47. The minimum atomic E-state index is -0.989. The molecule has 5 rings (SSSR count). The lowest BCUT2D eigenvalue weighted by atomic mass is 10.1. The number of aromatic nitrogens is 3. The molecule has 8 heteroatoms. The van der Waals surface area contributed by atoms with Crippen molar-refractivity contribution in [3.63, 3.8) is 0 Å². The summed E-state index contributed by atoms with van der Waals surface area (Å²) < 4.78 is 7.06. The average Bonchev–Trinajstić information content (AvgIpc) is 3.17. The number of carboxylic acids is 1. The summed E-state index contributed by atoms with van der Waals surface area (Å²) in [6, 6.07) is 11.4. The normalized spacial score (nSPS) is 15.4. The number of carbonyl (C=O) groups is 1. The number of aromatic carboxylic acids is 1. The smallest absolute Gasteiger partial charge is 0.339 e. The molecule has 0 atom stereocenters. The Morgan fingerprint density at radius 2 is 1.93 bits per heavy atom. The molecule has 154 valence electrons. The predicted molar refractivity (Wildman–Crippen MR) is 115 cm³/mol. The van der Waals surface area contributed by atoms with Crippen molar-refractivity contribution in [1.29, 1.82) is 0 Å². The largest absolute Gasteiger partial charge is 0.478 e. The first-order valence-electron chi connectivity index (χ1n) is 10.1. The van der Waals surface area contributed by atoms with Crippen LogP contribution in [0.1, 0.15) is 10.4 Å². The number of nitrogens with zero attached hydrogens (tertiary/aromatic N) is 5. The Kier molecular flexibility index (Phi) is 4.72. The van der Waals surface area contributed by atoms with E-state index in [0.29, 0.717) is 5.65 Å². The molecule has 4 aromatic rings. The highest BCUT2D eigenvalue weighted by Crippen LogP contribution is 2.31. The van der Waals surface area contributed by atoms with Crippen molar-refractivity contribution in [3.8, 4) is 0 Å². The van der Waals surface area contributed by atoms with E-state index in [9.17, 15) is 9.90 Å². The number of carboxylic acid groups (broad SMARTS) is 1. The van der Waals surface area contributed by atoms with Crippen LogP contribution >= 0.6 is 0 Å². The standard InChI is InChI=1S/C22H23N5O3/c1-30-13-12-25-8-10-26(11-9-25)18-6-7-23-20-15(18)14-16(22(28)29)21-24-17-4-2-3-5-19(17)27(20)21/h2-7,14H,8-13H2,1H3,(H,28,29). The molecule has 30 heavy (non-hydrogen) atoms. The Labute approximate surface area is 173 Å². The summed E-state index contributed by atoms with van der Waals surface area (Å²) >= 11 is 0. The second-order valence-electron chi connectivity index (χ2n) is 7.51. The van der Waals surface area contributed by atoms with Crippen LogP contribution in [0, 0.1) is 0 Å². The summed E-state index contributed by atoms with van der Waals surface area (Å²) in [5, 5.41) is 10.7. The topological polar surface area (TPSA) is 83.2 Å². The summed E-state index contributed by atoms with van der Waals surface area (Å²) in [6.07, 6.45) is 1.80. The fourth-order valence-electron chi connectivity index (χ4n) is 4.26. The first-order valence-corrected chi connectivity index (χ1v) is 10.1. The third kappa shape index (κ3) is 3.05. The van der Waals surface area contributed by atoms with Gasteiger partial charge in [-0.3, -0.25) is 9.30 Å². The fourth-order valence-corrected chi connectivity index (χ4v) is 4.26. The van der Waals surface area contributed by atoms with Crippen LogP contribution < -0.4 is 4.90 Å². The number of benzene rings is 1. The molecule has 1 aliphatic rings. The Hall–Kier alpha value is -3.23. The summed E-state index contributed by atoms with van der Waals surface area (Å²) in [7, 11) is 1.72. The van der Waals surface area contributed by atoms with E-state index in [2.05, 4.69) is 19.8 Å². The van der Waals surface area contributed by atoms with E-state index in [1.54, 1.807) is 19.4 Å². The summed E-state index contributed by atoms with van der Waals surface area (Å²) in [5.41, 5.74) is 3.95. The van der Waals surface area contributed by atoms with E-state index in [1.807, 2.05) is 34.7 Å². The summed E-state index contributed by atoms with van der Waals surface area (Å²) in [4.78, 5) is 25.9. The molecule has 0 spiro atoms. The third-order valence-electron chi connectivity index (χ3n) is 5.80. The molecule has 0 bridgehead atoms. The van der Waals surface area contributed by atoms with Gasteiger partial charge in [-0.15, -0.1) is 0 Å². The lowest BCUT2D eigenvalue weighted by molar-refractivity contribution is 0.0698. The van der Waals surface area contributed by atoms with Gasteiger partial charge < -0.3 is 14.7 Å². The summed E-state index contributed by atoms with van der Waals surface area (Å²) in [6.45, 7) is 5.27. The van der Waals surface area contributed by atoms with Gasteiger partial charge in [0.1, 0.15) is 11.2 Å². The molecular weight excluding hydrogens is 382 g/mol. The molecule has 8 nitrogen and oxygen atoms in total. The van der Waals surface area contributed by atoms with Gasteiger partial charge in [-0.1, -0.05) is 12.1 Å². The second kappa shape index (κ2) is 7.55. The predicted octanol–water partition coefficient (Wildman–Crippen LogP) is 2.50. The molecule has 1 N–H and O–H groups in total. The van der Waals surface area contributed by atoms with Crippen molar-refractivity contribution in [3.05, 3.63) is 48.2 Å². The van der Waals surface area contributed by atoms with Crippen LogP contribution in [-0.2, 0) is 4.74 Å². The van der Waals surface area contributed by atoms with Gasteiger partial charge in [-0.25, -0.2) is 14.8 Å². The molecule has 1 aliphatic heterocycles. The maximum absolute atomic E-state index is 12.1. The zero-order valence-electron chi connectivity index (χ0n) is 16.8. The molecule has 0 saturated carbocycles. The lowest BCUT2D eigenvalue weighted by Gasteiger charge is -2.36. The summed E-state index contributed by atoms with van der Waals surface area (Å²) in [5.74, 6) is -0.989. The third-order valence-corrected chi connectivity index (χ3v) is 5.80. The monoisotopic (exact) mass is 405 g/mol. The zero-order valence-corrected chi connectivity index (χ0v) is 16.8. The van der Waals surface area contributed by atoms with Gasteiger partial charge in [0.25, 0.3) is 0 Å². The molecule has 0 unspecified atom stereocenters. The first-order chi connectivity index (χ1) is 14.7. The number of rotatable bonds is 5. The van der Waals surface area contributed by atoms with Crippen molar-refractivity contribution in [2.75, 3.05) is 51.3 Å². The minimum Gasteiger partial charge on any atom is -0.478 e. The molecule has 0 aliphatic carbocycles. The number of pyridine rings is 2. The number of para-hydroxylation sites is 2. The van der Waals surface area contributed by atoms with Crippen molar-refractivity contribution in [2.45, 2.75) is 0 Å². The molecular formula is C22H23N5O3. The minimum absolute atomic E-state index is 0.187. The van der Waals surface area contributed by atoms with E-state index < -0.39 is 5.97 Å². The average molecular weight is 405 g/mol. The first kappa shape index (κ1) is 18.8. The Morgan fingerprint density at radius 3 is 2.70 bits per heavy atom.